The zero-order chi connectivity index (χ0) is 23.5. The Morgan fingerprint density at radius 1 is 1.03 bits per heavy atom. The summed E-state index contributed by atoms with van der Waals surface area (Å²) in [4.78, 5) is 28.9. The molecule has 2 amide bonds. The molecule has 3 rings (SSSR count). The Balaban J connectivity index is 1.42. The van der Waals surface area contributed by atoms with Gasteiger partial charge >= 0.3 is 0 Å². The van der Waals surface area contributed by atoms with Gasteiger partial charge in [0.1, 0.15) is 0 Å². The van der Waals surface area contributed by atoms with Crippen LogP contribution in [0.5, 0.6) is 0 Å². The van der Waals surface area contributed by atoms with E-state index in [1.165, 1.54) is 5.56 Å². The summed E-state index contributed by atoms with van der Waals surface area (Å²) in [7, 11) is 0. The first kappa shape index (κ1) is 24.4. The lowest BCUT2D eigenvalue weighted by molar-refractivity contribution is -0.125. The number of nitrogens with zero attached hydrogens (tertiary/aromatic N) is 3. The molecule has 0 aromatic heterocycles. The van der Waals surface area contributed by atoms with Gasteiger partial charge in [-0.2, -0.15) is 5.26 Å². The van der Waals surface area contributed by atoms with E-state index < -0.39 is 0 Å². The lowest BCUT2D eigenvalue weighted by Gasteiger charge is -2.29. The maximum absolute atomic E-state index is 12.7. The summed E-state index contributed by atoms with van der Waals surface area (Å²) in [5.74, 6) is -0.339. The van der Waals surface area contributed by atoms with Crippen LogP contribution in [0.2, 0.25) is 0 Å². The largest absolute Gasteiger partial charge is 0.393 e. The average Bonchev–Trinajstić information content (AvgIpc) is 2.84. The lowest BCUT2D eigenvalue weighted by atomic mass is 10.1. The molecule has 1 aliphatic rings. The lowest BCUT2D eigenvalue weighted by Crippen LogP contribution is -2.35. The van der Waals surface area contributed by atoms with E-state index in [9.17, 15) is 14.7 Å². The van der Waals surface area contributed by atoms with Gasteiger partial charge in [0.25, 0.3) is 0 Å². The van der Waals surface area contributed by atoms with Gasteiger partial charge in [0.15, 0.2) is 0 Å². The van der Waals surface area contributed by atoms with E-state index >= 15 is 0 Å². The molecular weight excluding hydrogens is 416 g/mol. The SMILES string of the molecule is N#CCCN(C(=O)CCC(=O)NCc1ccc(CN2CCC(O)CC2)cc1)c1ccccc1. The van der Waals surface area contributed by atoms with Gasteiger partial charge in [0, 0.05) is 51.3 Å². The number of rotatable bonds is 10. The summed E-state index contributed by atoms with van der Waals surface area (Å²) in [6, 6.07) is 19.5. The Morgan fingerprint density at radius 3 is 2.36 bits per heavy atom. The molecule has 2 N–H and O–H groups in total. The van der Waals surface area contributed by atoms with Gasteiger partial charge < -0.3 is 15.3 Å². The molecule has 1 heterocycles. The Labute approximate surface area is 195 Å². The van der Waals surface area contributed by atoms with E-state index in [1.54, 1.807) is 4.90 Å². The molecule has 7 nitrogen and oxygen atoms in total. The number of aliphatic hydroxyl groups is 1. The van der Waals surface area contributed by atoms with Gasteiger partial charge in [-0.1, -0.05) is 42.5 Å². The number of likely N-dealkylation sites (tertiary alicyclic amines) is 1. The Kier molecular flexibility index (Phi) is 9.43. The average molecular weight is 449 g/mol. The highest BCUT2D eigenvalue weighted by Crippen LogP contribution is 2.16. The molecule has 0 bridgehead atoms. The number of aliphatic hydroxyl groups excluding tert-OH is 1. The van der Waals surface area contributed by atoms with Crippen LogP contribution in [0, 0.1) is 11.3 Å². The minimum atomic E-state index is -0.174. The van der Waals surface area contributed by atoms with Gasteiger partial charge in [0.2, 0.25) is 11.8 Å². The Hall–Kier alpha value is -3.21. The van der Waals surface area contributed by atoms with E-state index in [-0.39, 0.29) is 37.2 Å². The smallest absolute Gasteiger partial charge is 0.227 e. The van der Waals surface area contributed by atoms with Crippen LogP contribution in [0.15, 0.2) is 54.6 Å². The minimum absolute atomic E-state index is 0.0929. The van der Waals surface area contributed by atoms with E-state index in [2.05, 4.69) is 28.4 Å². The fourth-order valence-corrected chi connectivity index (χ4v) is 3.91. The Morgan fingerprint density at radius 2 is 1.70 bits per heavy atom. The van der Waals surface area contributed by atoms with Crippen LogP contribution in [0.1, 0.15) is 43.2 Å². The van der Waals surface area contributed by atoms with Crippen molar-refractivity contribution in [3.8, 4) is 6.07 Å². The quantitative estimate of drug-likeness (QED) is 0.582. The van der Waals surface area contributed by atoms with Gasteiger partial charge in [-0.3, -0.25) is 14.5 Å². The molecule has 0 aliphatic carbocycles. The minimum Gasteiger partial charge on any atom is -0.393 e. The summed E-state index contributed by atoms with van der Waals surface area (Å²) in [6.45, 7) is 3.42. The number of nitrogens with one attached hydrogen (secondary N) is 1. The van der Waals surface area contributed by atoms with Gasteiger partial charge in [-0.15, -0.1) is 0 Å². The number of benzene rings is 2. The molecule has 2 aromatic rings. The molecule has 7 heteroatoms. The second kappa shape index (κ2) is 12.7. The van der Waals surface area contributed by atoms with Crippen molar-refractivity contribution in [1.82, 2.24) is 10.2 Å². The first-order valence-corrected chi connectivity index (χ1v) is 11.5. The van der Waals surface area contributed by atoms with Crippen LogP contribution < -0.4 is 10.2 Å². The second-order valence-electron chi connectivity index (χ2n) is 8.39. The molecule has 0 saturated carbocycles. The van der Waals surface area contributed by atoms with Crippen molar-refractivity contribution in [2.24, 2.45) is 0 Å². The van der Waals surface area contributed by atoms with Gasteiger partial charge in [-0.25, -0.2) is 0 Å². The third-order valence-electron chi connectivity index (χ3n) is 5.86. The number of amides is 2. The van der Waals surface area contributed by atoms with E-state index in [4.69, 9.17) is 5.26 Å². The topological polar surface area (TPSA) is 96.7 Å². The molecule has 33 heavy (non-hydrogen) atoms. The monoisotopic (exact) mass is 448 g/mol. The van der Waals surface area contributed by atoms with Crippen LogP contribution >= 0.6 is 0 Å². The van der Waals surface area contributed by atoms with Crippen molar-refractivity contribution in [2.45, 2.75) is 51.3 Å². The zero-order valence-corrected chi connectivity index (χ0v) is 18.9. The highest BCUT2D eigenvalue weighted by Gasteiger charge is 2.18. The van der Waals surface area contributed by atoms with Crippen molar-refractivity contribution in [1.29, 1.82) is 5.26 Å². The predicted molar refractivity (Wildman–Crippen MR) is 127 cm³/mol. The molecule has 174 valence electrons. The molecule has 1 fully saturated rings. The predicted octanol–water partition coefficient (Wildman–Crippen LogP) is 2.99. The maximum Gasteiger partial charge on any atom is 0.227 e. The highest BCUT2D eigenvalue weighted by molar-refractivity contribution is 5.95. The van der Waals surface area contributed by atoms with E-state index in [1.807, 2.05) is 42.5 Å². The molecule has 1 aliphatic heterocycles. The third kappa shape index (κ3) is 8.01. The molecular formula is C26H32N4O3. The maximum atomic E-state index is 12.7. The highest BCUT2D eigenvalue weighted by atomic mass is 16.3. The second-order valence-corrected chi connectivity index (χ2v) is 8.39. The van der Waals surface area contributed by atoms with Crippen molar-refractivity contribution >= 4 is 17.5 Å². The number of carbonyl (C=O) groups excluding carboxylic acids is 2. The molecule has 0 radical (unpaired) electrons. The number of hydrogen-bond acceptors (Lipinski definition) is 5. The van der Waals surface area contributed by atoms with Crippen molar-refractivity contribution in [3.05, 3.63) is 65.7 Å². The Bertz CT molecular complexity index is 932. The third-order valence-corrected chi connectivity index (χ3v) is 5.86. The van der Waals surface area contributed by atoms with Crippen molar-refractivity contribution in [3.63, 3.8) is 0 Å². The fourth-order valence-electron chi connectivity index (χ4n) is 3.91. The van der Waals surface area contributed by atoms with Crippen molar-refractivity contribution in [2.75, 3.05) is 24.5 Å². The molecule has 0 spiro atoms. The summed E-state index contributed by atoms with van der Waals surface area (Å²) < 4.78 is 0. The zero-order valence-electron chi connectivity index (χ0n) is 18.9. The number of piperidine rings is 1. The first-order valence-electron chi connectivity index (χ1n) is 11.5. The van der Waals surface area contributed by atoms with Crippen LogP contribution in [-0.4, -0.2) is 47.6 Å². The van der Waals surface area contributed by atoms with Gasteiger partial charge in [-0.05, 0) is 36.1 Å². The van der Waals surface area contributed by atoms with Gasteiger partial charge in [0.05, 0.1) is 18.6 Å². The molecule has 0 unspecified atom stereocenters. The van der Waals surface area contributed by atoms with Crippen LogP contribution in [0.25, 0.3) is 0 Å². The standard InChI is InChI=1S/C26H32N4O3/c27-15-4-16-30(23-5-2-1-3-6-23)26(33)12-11-25(32)28-19-21-7-9-22(10-8-21)20-29-17-13-24(31)14-18-29/h1-3,5-10,24,31H,4,11-14,16-20H2,(H,28,32). The summed E-state index contributed by atoms with van der Waals surface area (Å²) in [5.41, 5.74) is 2.96. The molecule has 2 aromatic carbocycles. The molecule has 1 saturated heterocycles. The van der Waals surface area contributed by atoms with Crippen LogP contribution in [0.4, 0.5) is 5.69 Å². The normalized spacial score (nSPS) is 14.4. The number of para-hydroxylation sites is 1. The summed E-state index contributed by atoms with van der Waals surface area (Å²) in [6.07, 6.45) is 1.93. The number of anilines is 1. The molecule has 0 atom stereocenters. The summed E-state index contributed by atoms with van der Waals surface area (Å²) >= 11 is 0. The number of hydrogen-bond donors (Lipinski definition) is 2. The number of carbonyl (C=O) groups is 2. The van der Waals surface area contributed by atoms with Crippen LogP contribution in [-0.2, 0) is 22.7 Å². The van der Waals surface area contributed by atoms with Crippen molar-refractivity contribution < 1.29 is 14.7 Å². The van der Waals surface area contributed by atoms with E-state index in [0.717, 1.165) is 43.7 Å². The fraction of sp³-hybridized carbons (Fsp3) is 0.423. The van der Waals surface area contributed by atoms with Crippen LogP contribution in [0.3, 0.4) is 0 Å². The summed E-state index contributed by atoms with van der Waals surface area (Å²) in [5, 5.41) is 21.4. The first-order chi connectivity index (χ1) is 16.0. The van der Waals surface area contributed by atoms with E-state index in [0.29, 0.717) is 13.1 Å². The number of nitriles is 1.